The van der Waals surface area contributed by atoms with Crippen molar-refractivity contribution in [2.75, 3.05) is 19.7 Å². The highest BCUT2D eigenvalue weighted by molar-refractivity contribution is 5.91. The standard InChI is InChI=1S/C13H22N2O3/c1-5-8-10-15(4)11(13(17)18-7-3)12(16)14-9-6-2/h6H,2,4-5,7-10H2,1,3H3,(H-,14,16,17)/p+1. The quantitative estimate of drug-likeness (QED) is 0.216. The van der Waals surface area contributed by atoms with Gasteiger partial charge in [0.1, 0.15) is 13.3 Å². The molecule has 0 fully saturated rings. The van der Waals surface area contributed by atoms with Crippen molar-refractivity contribution in [3.8, 4) is 0 Å². The van der Waals surface area contributed by atoms with Gasteiger partial charge < -0.3 is 15.2 Å². The Morgan fingerprint density at radius 2 is 2.17 bits per heavy atom. The Kier molecular flexibility index (Phi) is 8.35. The second kappa shape index (κ2) is 9.27. The summed E-state index contributed by atoms with van der Waals surface area (Å²) in [6.07, 6.45) is 3.41. The first-order valence-corrected chi connectivity index (χ1v) is 6.11. The van der Waals surface area contributed by atoms with Crippen LogP contribution >= 0.6 is 0 Å². The number of ether oxygens (including phenoxy) is 1. The first-order chi connectivity index (χ1) is 8.58. The molecule has 5 heteroatoms. The molecule has 0 aromatic heterocycles. The number of carbonyl (C=O) groups excluding carboxylic acids is 1. The second-order valence-corrected chi connectivity index (χ2v) is 3.70. The lowest BCUT2D eigenvalue weighted by Gasteiger charge is -2.08. The lowest BCUT2D eigenvalue weighted by molar-refractivity contribution is -0.467. The van der Waals surface area contributed by atoms with E-state index in [2.05, 4.69) is 18.6 Å². The van der Waals surface area contributed by atoms with Crippen molar-refractivity contribution in [2.45, 2.75) is 26.7 Å². The van der Waals surface area contributed by atoms with E-state index in [4.69, 9.17) is 4.74 Å². The third-order valence-corrected chi connectivity index (χ3v) is 2.20. The van der Waals surface area contributed by atoms with Gasteiger partial charge >= 0.3 is 17.5 Å². The molecule has 0 aliphatic heterocycles. The van der Waals surface area contributed by atoms with Gasteiger partial charge in [0.25, 0.3) is 0 Å². The number of nitrogens with one attached hydrogen (secondary N) is 1. The van der Waals surface area contributed by atoms with E-state index in [1.165, 1.54) is 4.58 Å². The summed E-state index contributed by atoms with van der Waals surface area (Å²) >= 11 is 0. The van der Waals surface area contributed by atoms with Crippen LogP contribution in [0.25, 0.3) is 0 Å². The number of hydrogen-bond acceptors (Lipinski definition) is 3. The lowest BCUT2D eigenvalue weighted by Crippen LogP contribution is -2.32. The molecule has 0 aromatic carbocycles. The molecule has 1 amide bonds. The highest BCUT2D eigenvalue weighted by atomic mass is 16.6. The van der Waals surface area contributed by atoms with Crippen LogP contribution in [0, 0.1) is 0 Å². The molecule has 18 heavy (non-hydrogen) atoms. The third kappa shape index (κ3) is 5.52. The minimum Gasteiger partial charge on any atom is -0.476 e. The second-order valence-electron chi connectivity index (χ2n) is 3.70. The average molecular weight is 255 g/mol. The zero-order chi connectivity index (χ0) is 14.0. The number of aliphatic hydroxyl groups is 1. The summed E-state index contributed by atoms with van der Waals surface area (Å²) in [6, 6.07) is 0. The summed E-state index contributed by atoms with van der Waals surface area (Å²) in [5.74, 6) is -0.822. The number of hydrogen-bond donors (Lipinski definition) is 2. The zero-order valence-corrected chi connectivity index (χ0v) is 11.2. The molecule has 0 spiro atoms. The summed E-state index contributed by atoms with van der Waals surface area (Å²) in [5, 5.41) is 12.3. The van der Waals surface area contributed by atoms with E-state index in [0.717, 1.165) is 12.8 Å². The van der Waals surface area contributed by atoms with Crippen LogP contribution in [0.2, 0.25) is 0 Å². The Hall–Kier alpha value is -1.78. The predicted molar refractivity (Wildman–Crippen MR) is 71.6 cm³/mol. The van der Waals surface area contributed by atoms with Crippen molar-refractivity contribution in [1.82, 2.24) is 5.32 Å². The predicted octanol–water partition coefficient (Wildman–Crippen LogP) is 1.57. The number of carbonyl (C=O) groups is 1. The number of nitrogens with zero attached hydrogens (tertiary/aromatic N) is 1. The highest BCUT2D eigenvalue weighted by Gasteiger charge is 2.27. The van der Waals surface area contributed by atoms with Crippen LogP contribution < -0.4 is 5.32 Å². The summed E-state index contributed by atoms with van der Waals surface area (Å²) in [5.41, 5.74) is 0.0483. The molecule has 0 heterocycles. The average Bonchev–Trinajstić information content (AvgIpc) is 2.34. The van der Waals surface area contributed by atoms with Crippen molar-refractivity contribution < 1.29 is 19.2 Å². The fraction of sp³-hybridized carbons (Fsp3) is 0.538. The van der Waals surface area contributed by atoms with E-state index in [1.54, 1.807) is 13.0 Å². The third-order valence-electron chi connectivity index (χ3n) is 2.20. The molecule has 0 radical (unpaired) electrons. The molecule has 0 aromatic rings. The van der Waals surface area contributed by atoms with Crippen LogP contribution in [-0.4, -0.2) is 42.0 Å². The van der Waals surface area contributed by atoms with Crippen molar-refractivity contribution in [2.24, 2.45) is 0 Å². The Bertz CT molecular complexity index is 335. The first-order valence-electron chi connectivity index (χ1n) is 6.11. The van der Waals surface area contributed by atoms with E-state index in [-0.39, 0.29) is 12.3 Å². The van der Waals surface area contributed by atoms with Crippen LogP contribution in [0.4, 0.5) is 0 Å². The normalized spacial score (nSPS) is 11.4. The Morgan fingerprint density at radius 1 is 1.50 bits per heavy atom. The van der Waals surface area contributed by atoms with Gasteiger partial charge in [0.2, 0.25) is 0 Å². The van der Waals surface area contributed by atoms with Gasteiger partial charge in [-0.25, -0.2) is 0 Å². The van der Waals surface area contributed by atoms with Crippen LogP contribution in [0.3, 0.4) is 0 Å². The van der Waals surface area contributed by atoms with Gasteiger partial charge in [-0.15, -0.1) is 6.58 Å². The van der Waals surface area contributed by atoms with Crippen molar-refractivity contribution in [3.05, 3.63) is 24.3 Å². The zero-order valence-electron chi connectivity index (χ0n) is 11.2. The molecular weight excluding hydrogens is 232 g/mol. The van der Waals surface area contributed by atoms with Crippen LogP contribution in [-0.2, 0) is 9.53 Å². The SMILES string of the molecule is C=CCNC(=O)/C(=C(\O)OCC)[N+](=C)CCCC. The van der Waals surface area contributed by atoms with E-state index >= 15 is 0 Å². The summed E-state index contributed by atoms with van der Waals surface area (Å²) < 4.78 is 6.42. The molecular formula is C13H23N2O3+. The van der Waals surface area contributed by atoms with Crippen molar-refractivity contribution >= 4 is 12.6 Å². The fourth-order valence-electron chi connectivity index (χ4n) is 1.29. The van der Waals surface area contributed by atoms with E-state index in [0.29, 0.717) is 13.1 Å². The maximum Gasteiger partial charge on any atom is 0.358 e. The molecule has 0 saturated heterocycles. The molecule has 5 nitrogen and oxygen atoms in total. The van der Waals surface area contributed by atoms with Crippen LogP contribution in [0.5, 0.6) is 0 Å². The largest absolute Gasteiger partial charge is 0.476 e. The van der Waals surface area contributed by atoms with E-state index in [1.807, 2.05) is 6.92 Å². The molecule has 2 N–H and O–H groups in total. The molecule has 102 valence electrons. The maximum absolute atomic E-state index is 11.9. The minimum atomic E-state index is -0.424. The van der Waals surface area contributed by atoms with Gasteiger partial charge in [-0.3, -0.25) is 4.79 Å². The van der Waals surface area contributed by atoms with Gasteiger partial charge in [-0.2, -0.15) is 4.58 Å². The van der Waals surface area contributed by atoms with Crippen LogP contribution in [0.1, 0.15) is 26.7 Å². The lowest BCUT2D eigenvalue weighted by atomic mass is 10.3. The van der Waals surface area contributed by atoms with E-state index in [9.17, 15) is 9.90 Å². The van der Waals surface area contributed by atoms with Gasteiger partial charge in [-0.05, 0) is 6.92 Å². The smallest absolute Gasteiger partial charge is 0.358 e. The van der Waals surface area contributed by atoms with E-state index < -0.39 is 11.9 Å². The number of unbranched alkanes of at least 4 members (excludes halogenated alkanes) is 1. The molecule has 0 bridgehead atoms. The minimum absolute atomic E-state index is 0.0483. The summed E-state index contributed by atoms with van der Waals surface area (Å²) in [7, 11) is 0. The number of amides is 1. The Morgan fingerprint density at radius 3 is 2.67 bits per heavy atom. The fourth-order valence-corrected chi connectivity index (χ4v) is 1.29. The van der Waals surface area contributed by atoms with Gasteiger partial charge in [0.05, 0.1) is 6.61 Å². The molecule has 0 rings (SSSR count). The topological polar surface area (TPSA) is 61.6 Å². The number of aliphatic hydroxyl groups excluding tert-OH is 1. The monoisotopic (exact) mass is 255 g/mol. The molecule has 0 atom stereocenters. The first kappa shape index (κ1) is 16.2. The van der Waals surface area contributed by atoms with Crippen molar-refractivity contribution in [1.29, 1.82) is 0 Å². The summed E-state index contributed by atoms with van der Waals surface area (Å²) in [6.45, 7) is 12.2. The molecule has 0 aliphatic carbocycles. The highest BCUT2D eigenvalue weighted by Crippen LogP contribution is 2.06. The molecule has 0 unspecified atom stereocenters. The molecule has 0 saturated carbocycles. The van der Waals surface area contributed by atoms with Crippen LogP contribution in [0.15, 0.2) is 24.3 Å². The Balaban J connectivity index is 4.92. The number of rotatable bonds is 9. The van der Waals surface area contributed by atoms with Gasteiger partial charge in [0.15, 0.2) is 0 Å². The van der Waals surface area contributed by atoms with Crippen molar-refractivity contribution in [3.63, 3.8) is 0 Å². The van der Waals surface area contributed by atoms with Gasteiger partial charge in [0, 0.05) is 13.0 Å². The maximum atomic E-state index is 11.9. The summed E-state index contributed by atoms with van der Waals surface area (Å²) in [4.78, 5) is 11.9. The molecule has 0 aliphatic rings. The van der Waals surface area contributed by atoms with Gasteiger partial charge in [-0.1, -0.05) is 19.4 Å². The Labute approximate surface area is 108 Å².